The second kappa shape index (κ2) is 6.48. The van der Waals surface area contributed by atoms with Crippen LogP contribution in [-0.2, 0) is 9.59 Å². The highest BCUT2D eigenvalue weighted by atomic mass is 16.6. The van der Waals surface area contributed by atoms with Crippen LogP contribution in [-0.4, -0.2) is 23.7 Å². The first-order valence-corrected chi connectivity index (χ1v) is 5.55. The molecule has 0 radical (unpaired) electrons. The number of nitrogens with zero attached hydrogens (tertiary/aromatic N) is 1. The quantitative estimate of drug-likeness (QED) is 0.626. The number of non-ortho nitro benzene ring substituents is 1. The predicted molar refractivity (Wildman–Crippen MR) is 68.2 cm³/mol. The number of hydrogen-bond donors (Lipinski definition) is 1. The van der Waals surface area contributed by atoms with Crippen LogP contribution in [0, 0.1) is 10.1 Å². The third-order valence-electron chi connectivity index (χ3n) is 2.37. The van der Waals surface area contributed by atoms with E-state index in [-0.39, 0.29) is 30.0 Å². The van der Waals surface area contributed by atoms with Gasteiger partial charge in [0, 0.05) is 25.0 Å². The average Bonchev–Trinajstić information content (AvgIpc) is 2.36. The van der Waals surface area contributed by atoms with Gasteiger partial charge in [0.2, 0.25) is 5.91 Å². The van der Waals surface area contributed by atoms with Gasteiger partial charge in [-0.05, 0) is 13.0 Å². The van der Waals surface area contributed by atoms with Crippen LogP contribution in [0.2, 0.25) is 0 Å². The van der Waals surface area contributed by atoms with Crippen LogP contribution in [0.1, 0.15) is 19.8 Å². The minimum atomic E-state index is -0.565. The first kappa shape index (κ1) is 14.6. The number of ketones is 1. The Morgan fingerprint density at radius 1 is 1.37 bits per heavy atom. The van der Waals surface area contributed by atoms with E-state index in [4.69, 9.17) is 4.74 Å². The summed E-state index contributed by atoms with van der Waals surface area (Å²) in [5.41, 5.74) is 0.0629. The third-order valence-corrected chi connectivity index (χ3v) is 2.37. The maximum absolute atomic E-state index is 11.6. The number of rotatable bonds is 6. The molecule has 0 bridgehead atoms. The lowest BCUT2D eigenvalue weighted by atomic mass is 10.2. The fourth-order valence-corrected chi connectivity index (χ4v) is 1.41. The molecule has 1 aromatic rings. The molecule has 0 heterocycles. The number of carbonyl (C=O) groups is 2. The number of anilines is 1. The number of nitrogens with one attached hydrogen (secondary N) is 1. The number of hydrogen-bond acceptors (Lipinski definition) is 5. The zero-order chi connectivity index (χ0) is 14.4. The van der Waals surface area contributed by atoms with Crippen molar-refractivity contribution >= 4 is 23.1 Å². The summed E-state index contributed by atoms with van der Waals surface area (Å²) < 4.78 is 5.00. The summed E-state index contributed by atoms with van der Waals surface area (Å²) in [5.74, 6) is -0.170. The zero-order valence-electron chi connectivity index (χ0n) is 10.6. The molecule has 0 unspecified atom stereocenters. The van der Waals surface area contributed by atoms with Gasteiger partial charge in [0.25, 0.3) is 5.69 Å². The van der Waals surface area contributed by atoms with E-state index >= 15 is 0 Å². The Balaban J connectivity index is 2.85. The van der Waals surface area contributed by atoms with Crippen LogP contribution in [0.4, 0.5) is 11.4 Å². The molecule has 0 aliphatic rings. The first-order valence-electron chi connectivity index (χ1n) is 5.55. The van der Waals surface area contributed by atoms with Crippen LogP contribution in [0.15, 0.2) is 18.2 Å². The summed E-state index contributed by atoms with van der Waals surface area (Å²) in [6.45, 7) is 1.39. The summed E-state index contributed by atoms with van der Waals surface area (Å²) in [5, 5.41) is 13.2. The summed E-state index contributed by atoms with van der Waals surface area (Å²) in [6, 6.07) is 3.90. The van der Waals surface area contributed by atoms with Crippen molar-refractivity contribution in [2.75, 3.05) is 12.4 Å². The highest BCUT2D eigenvalue weighted by Crippen LogP contribution is 2.28. The van der Waals surface area contributed by atoms with Crippen molar-refractivity contribution in [3.05, 3.63) is 28.3 Å². The number of Topliss-reactive ketones (excluding diaryl/α,β-unsaturated/α-hetero) is 1. The van der Waals surface area contributed by atoms with Gasteiger partial charge < -0.3 is 14.8 Å². The van der Waals surface area contributed by atoms with Crippen LogP contribution < -0.4 is 10.1 Å². The Morgan fingerprint density at radius 3 is 2.58 bits per heavy atom. The molecule has 1 N–H and O–H groups in total. The summed E-state index contributed by atoms with van der Waals surface area (Å²) in [6.07, 6.45) is 0.157. The Morgan fingerprint density at radius 2 is 2.05 bits per heavy atom. The molecule has 1 aromatic carbocycles. The van der Waals surface area contributed by atoms with Crippen molar-refractivity contribution in [1.29, 1.82) is 0 Å². The first-order chi connectivity index (χ1) is 8.93. The van der Waals surface area contributed by atoms with Crippen molar-refractivity contribution < 1.29 is 19.2 Å². The van der Waals surface area contributed by atoms with Gasteiger partial charge in [0.05, 0.1) is 17.7 Å². The third kappa shape index (κ3) is 4.38. The van der Waals surface area contributed by atoms with E-state index in [1.54, 1.807) is 0 Å². The highest BCUT2D eigenvalue weighted by molar-refractivity contribution is 5.94. The van der Waals surface area contributed by atoms with E-state index in [9.17, 15) is 19.7 Å². The summed E-state index contributed by atoms with van der Waals surface area (Å²) in [4.78, 5) is 32.4. The number of methoxy groups -OCH3 is 1. The molecule has 1 rings (SSSR count). The van der Waals surface area contributed by atoms with E-state index in [0.29, 0.717) is 5.75 Å². The lowest BCUT2D eigenvalue weighted by molar-refractivity contribution is -0.384. The van der Waals surface area contributed by atoms with Gasteiger partial charge >= 0.3 is 0 Å². The highest BCUT2D eigenvalue weighted by Gasteiger charge is 2.13. The summed E-state index contributed by atoms with van der Waals surface area (Å²) >= 11 is 0. The predicted octanol–water partition coefficient (Wildman–Crippen LogP) is 1.91. The Bertz CT molecular complexity index is 513. The fraction of sp³-hybridized carbons (Fsp3) is 0.333. The van der Waals surface area contributed by atoms with Crippen LogP contribution in [0.5, 0.6) is 5.75 Å². The van der Waals surface area contributed by atoms with Crippen molar-refractivity contribution in [1.82, 2.24) is 0 Å². The van der Waals surface area contributed by atoms with Gasteiger partial charge in [0.15, 0.2) is 0 Å². The maximum atomic E-state index is 11.6. The largest absolute Gasteiger partial charge is 0.495 e. The molecule has 0 spiro atoms. The standard InChI is InChI=1S/C12H14N2O5/c1-8(15)3-6-12(16)13-10-7-9(14(17)18)4-5-11(10)19-2/h4-5,7H,3,6H2,1-2H3,(H,13,16). The van der Waals surface area contributed by atoms with Crippen LogP contribution >= 0.6 is 0 Å². The van der Waals surface area contributed by atoms with E-state index in [2.05, 4.69) is 5.32 Å². The van der Waals surface area contributed by atoms with E-state index < -0.39 is 10.8 Å². The lowest BCUT2D eigenvalue weighted by Gasteiger charge is -2.09. The molecule has 19 heavy (non-hydrogen) atoms. The molecule has 1 amide bonds. The number of carbonyl (C=O) groups excluding carboxylic acids is 2. The van der Waals surface area contributed by atoms with Crippen molar-refractivity contribution in [2.24, 2.45) is 0 Å². The van der Waals surface area contributed by atoms with Gasteiger partial charge in [-0.2, -0.15) is 0 Å². The second-order valence-electron chi connectivity index (χ2n) is 3.89. The van der Waals surface area contributed by atoms with E-state index in [0.717, 1.165) is 0 Å². The van der Waals surface area contributed by atoms with E-state index in [1.807, 2.05) is 0 Å². The second-order valence-corrected chi connectivity index (χ2v) is 3.89. The van der Waals surface area contributed by atoms with Crippen LogP contribution in [0.25, 0.3) is 0 Å². The van der Waals surface area contributed by atoms with Gasteiger partial charge in [0.1, 0.15) is 11.5 Å². The lowest BCUT2D eigenvalue weighted by Crippen LogP contribution is -2.13. The molecule has 0 aliphatic carbocycles. The maximum Gasteiger partial charge on any atom is 0.271 e. The van der Waals surface area contributed by atoms with Crippen LogP contribution in [0.3, 0.4) is 0 Å². The van der Waals surface area contributed by atoms with Gasteiger partial charge in [-0.3, -0.25) is 14.9 Å². The Kier molecular flexibility index (Phi) is 4.99. The molecule has 0 fully saturated rings. The van der Waals surface area contributed by atoms with Crippen molar-refractivity contribution in [3.8, 4) is 5.75 Å². The number of nitro groups is 1. The minimum absolute atomic E-state index is 0.0289. The molecular formula is C12H14N2O5. The molecule has 0 atom stereocenters. The van der Waals surface area contributed by atoms with Gasteiger partial charge in [-0.25, -0.2) is 0 Å². The molecule has 0 saturated carbocycles. The average molecular weight is 266 g/mol. The molecular weight excluding hydrogens is 252 g/mol. The molecule has 7 nitrogen and oxygen atoms in total. The fourth-order valence-electron chi connectivity index (χ4n) is 1.41. The SMILES string of the molecule is COc1ccc([N+](=O)[O-])cc1NC(=O)CCC(C)=O. The molecule has 0 aliphatic heterocycles. The van der Waals surface area contributed by atoms with Gasteiger partial charge in [-0.1, -0.05) is 0 Å². The smallest absolute Gasteiger partial charge is 0.271 e. The summed E-state index contributed by atoms with van der Waals surface area (Å²) in [7, 11) is 1.40. The van der Waals surface area contributed by atoms with Crippen molar-refractivity contribution in [2.45, 2.75) is 19.8 Å². The number of ether oxygens (including phenoxy) is 1. The minimum Gasteiger partial charge on any atom is -0.495 e. The molecule has 0 saturated heterocycles. The zero-order valence-corrected chi connectivity index (χ0v) is 10.6. The van der Waals surface area contributed by atoms with E-state index in [1.165, 1.54) is 32.2 Å². The topological polar surface area (TPSA) is 98.5 Å². The molecule has 7 heteroatoms. The normalized spacial score (nSPS) is 9.79. The van der Waals surface area contributed by atoms with Gasteiger partial charge in [-0.15, -0.1) is 0 Å². The van der Waals surface area contributed by atoms with Crippen molar-refractivity contribution in [3.63, 3.8) is 0 Å². The monoisotopic (exact) mass is 266 g/mol. The molecule has 0 aromatic heterocycles. The number of nitro benzene ring substituents is 1. The Labute approximate surface area is 109 Å². The Hall–Kier alpha value is -2.44. The molecule has 102 valence electrons. The number of amides is 1. The number of benzene rings is 1.